The van der Waals surface area contributed by atoms with E-state index in [1.54, 1.807) is 12.1 Å². The molecule has 0 saturated carbocycles. The molecule has 0 aliphatic rings. The van der Waals surface area contributed by atoms with Crippen LogP contribution in [0, 0.1) is 23.3 Å². The van der Waals surface area contributed by atoms with Crippen LogP contribution in [0.5, 0.6) is 11.5 Å². The molecule has 0 heterocycles. The minimum absolute atomic E-state index is 0.148. The van der Waals surface area contributed by atoms with E-state index < -0.39 is 70.4 Å². The van der Waals surface area contributed by atoms with Crippen LogP contribution in [0.25, 0.3) is 11.1 Å². The molecule has 0 aliphatic heterocycles. The highest BCUT2D eigenvalue weighted by atomic mass is 19.4. The molecule has 3 aromatic carbocycles. The highest BCUT2D eigenvalue weighted by Gasteiger charge is 2.50. The van der Waals surface area contributed by atoms with E-state index in [4.69, 9.17) is 0 Å². The minimum Gasteiger partial charge on any atom is -0.429 e. The second kappa shape index (κ2) is 11.5. The van der Waals surface area contributed by atoms with E-state index in [1.807, 2.05) is 6.92 Å². The summed E-state index contributed by atoms with van der Waals surface area (Å²) in [6, 6.07) is 6.79. The molecule has 0 aliphatic carbocycles. The summed E-state index contributed by atoms with van der Waals surface area (Å²) in [5.74, 6) is -20.1. The van der Waals surface area contributed by atoms with Gasteiger partial charge in [-0.15, -0.1) is 0 Å². The van der Waals surface area contributed by atoms with Crippen molar-refractivity contribution in [3.8, 4) is 22.6 Å². The summed E-state index contributed by atoms with van der Waals surface area (Å²) in [4.78, 5) is 0. The van der Waals surface area contributed by atoms with E-state index in [1.165, 1.54) is 12.1 Å². The van der Waals surface area contributed by atoms with Gasteiger partial charge in [-0.2, -0.15) is 39.5 Å². The Morgan fingerprint density at radius 3 is 1.63 bits per heavy atom. The van der Waals surface area contributed by atoms with Crippen molar-refractivity contribution in [2.75, 3.05) is 0 Å². The van der Waals surface area contributed by atoms with Gasteiger partial charge in [0, 0.05) is 12.1 Å². The molecule has 0 N–H and O–H groups in total. The summed E-state index contributed by atoms with van der Waals surface area (Å²) in [7, 11) is 0. The molecular weight excluding hydrogens is 591 g/mol. The molecule has 0 fully saturated rings. The lowest BCUT2D eigenvalue weighted by Gasteiger charge is -2.21. The number of rotatable bonds is 9. The van der Waals surface area contributed by atoms with Gasteiger partial charge in [0.1, 0.15) is 22.9 Å². The third kappa shape index (κ3) is 7.06. The average Bonchev–Trinajstić information content (AvgIpc) is 2.84. The number of alkyl halides is 7. The molecule has 3 rings (SSSR count). The van der Waals surface area contributed by atoms with Gasteiger partial charge in [-0.25, -0.2) is 17.6 Å². The Labute approximate surface area is 222 Å². The number of aryl methyl sites for hydroxylation is 1. The van der Waals surface area contributed by atoms with Gasteiger partial charge in [-0.3, -0.25) is 0 Å². The van der Waals surface area contributed by atoms with Crippen LogP contribution in [0.15, 0.2) is 60.2 Å². The molecule has 0 atom stereocenters. The third-order valence-corrected chi connectivity index (χ3v) is 5.30. The molecule has 222 valence electrons. The number of benzene rings is 3. The zero-order chi connectivity index (χ0) is 30.9. The number of ether oxygens (including phenoxy) is 2. The maximum Gasteiger partial charge on any atom is 0.457 e. The maximum atomic E-state index is 14.7. The first-order chi connectivity index (χ1) is 18.9. The van der Waals surface area contributed by atoms with E-state index in [-0.39, 0.29) is 23.3 Å². The van der Waals surface area contributed by atoms with E-state index in [9.17, 15) is 57.1 Å². The van der Waals surface area contributed by atoms with Crippen molar-refractivity contribution in [3.63, 3.8) is 0 Å². The van der Waals surface area contributed by atoms with Gasteiger partial charge in [0.15, 0.2) is 17.4 Å². The highest BCUT2D eigenvalue weighted by Crippen LogP contribution is 2.42. The number of allylic oxidation sites excluding steroid dienone is 1. The van der Waals surface area contributed by atoms with Crippen molar-refractivity contribution in [1.29, 1.82) is 0 Å². The molecule has 2 nitrogen and oxygen atoms in total. The van der Waals surface area contributed by atoms with Gasteiger partial charge in [0.25, 0.3) is 5.83 Å². The van der Waals surface area contributed by atoms with Crippen molar-refractivity contribution >= 4 is 0 Å². The molecule has 0 amide bonds. The Morgan fingerprint density at radius 1 is 0.659 bits per heavy atom. The fraction of sp³-hybridized carbons (Fsp3) is 0.231. The van der Waals surface area contributed by atoms with Gasteiger partial charge in [0.2, 0.25) is 5.83 Å². The van der Waals surface area contributed by atoms with E-state index in [2.05, 4.69) is 9.47 Å². The van der Waals surface area contributed by atoms with Gasteiger partial charge in [-0.1, -0.05) is 37.6 Å². The quantitative estimate of drug-likeness (QED) is 0.226. The molecule has 0 unspecified atom stereocenters. The smallest absolute Gasteiger partial charge is 0.429 e. The van der Waals surface area contributed by atoms with E-state index >= 15 is 0 Å². The molecule has 0 spiro atoms. The first-order valence-electron chi connectivity index (χ1n) is 11.2. The zero-order valence-electron chi connectivity index (χ0n) is 20.3. The predicted molar refractivity (Wildman–Crippen MR) is 118 cm³/mol. The predicted octanol–water partition coefficient (Wildman–Crippen LogP) is 9.68. The third-order valence-electron chi connectivity index (χ3n) is 5.30. The van der Waals surface area contributed by atoms with Crippen LogP contribution in [0.4, 0.5) is 57.1 Å². The van der Waals surface area contributed by atoms with Crippen LogP contribution in [-0.4, -0.2) is 12.3 Å². The van der Waals surface area contributed by atoms with Crippen LogP contribution in [0.3, 0.4) is 0 Å². The van der Waals surface area contributed by atoms with Gasteiger partial charge in [0.05, 0.1) is 0 Å². The fourth-order valence-corrected chi connectivity index (χ4v) is 3.49. The summed E-state index contributed by atoms with van der Waals surface area (Å²) in [6.45, 7) is 1.92. The van der Waals surface area contributed by atoms with Crippen molar-refractivity contribution in [1.82, 2.24) is 0 Å². The molecule has 0 aromatic heterocycles. The number of hydrogen-bond acceptors (Lipinski definition) is 2. The number of halogens is 13. The monoisotopic (exact) mass is 606 g/mol. The van der Waals surface area contributed by atoms with Crippen LogP contribution < -0.4 is 9.47 Å². The lowest BCUT2D eigenvalue weighted by molar-refractivity contribution is -0.190. The van der Waals surface area contributed by atoms with Gasteiger partial charge < -0.3 is 9.47 Å². The van der Waals surface area contributed by atoms with E-state index in [0.717, 1.165) is 12.0 Å². The van der Waals surface area contributed by atoms with Gasteiger partial charge in [-0.05, 0) is 35.2 Å². The van der Waals surface area contributed by atoms with E-state index in [0.29, 0.717) is 18.6 Å². The Kier molecular flexibility index (Phi) is 8.89. The van der Waals surface area contributed by atoms with Crippen LogP contribution in [0.1, 0.15) is 24.5 Å². The summed E-state index contributed by atoms with van der Waals surface area (Å²) in [5.41, 5.74) is -0.975. The van der Waals surface area contributed by atoms with Crippen LogP contribution in [0.2, 0.25) is 0 Å². The SMILES string of the molecule is CCCc1ccc(-c2cc(F)c(C(F)(F)Oc3cc(F)c(OC(F)(F)/C(F)=C(/F)C(F)(F)F)c(F)c3)c(F)c2)cc1. The second-order valence-electron chi connectivity index (χ2n) is 8.34. The van der Waals surface area contributed by atoms with Crippen molar-refractivity contribution in [2.45, 2.75) is 38.2 Å². The topological polar surface area (TPSA) is 18.5 Å². The fourth-order valence-electron chi connectivity index (χ4n) is 3.49. The zero-order valence-corrected chi connectivity index (χ0v) is 20.3. The minimum atomic E-state index is -6.25. The van der Waals surface area contributed by atoms with Crippen molar-refractivity contribution in [2.24, 2.45) is 0 Å². The number of hydrogen-bond donors (Lipinski definition) is 0. The summed E-state index contributed by atoms with van der Waals surface area (Å²) in [6.07, 6.45) is -15.6. The summed E-state index contributed by atoms with van der Waals surface area (Å²) >= 11 is 0. The molecular formula is C26H15F13O2. The summed E-state index contributed by atoms with van der Waals surface area (Å²) in [5, 5.41) is 0. The van der Waals surface area contributed by atoms with Crippen molar-refractivity contribution < 1.29 is 66.5 Å². The first-order valence-corrected chi connectivity index (χ1v) is 11.2. The highest BCUT2D eigenvalue weighted by molar-refractivity contribution is 5.64. The normalized spacial score (nSPS) is 13.2. The van der Waals surface area contributed by atoms with Crippen molar-refractivity contribution in [3.05, 3.63) is 94.6 Å². The summed E-state index contributed by atoms with van der Waals surface area (Å²) < 4.78 is 184. The first kappa shape index (κ1) is 31.6. The molecule has 15 heteroatoms. The molecule has 0 radical (unpaired) electrons. The Bertz CT molecular complexity index is 1400. The molecule has 41 heavy (non-hydrogen) atoms. The lowest BCUT2D eigenvalue weighted by atomic mass is 10.00. The standard InChI is InChI=1S/C26H15F13O2/c1-2-3-12-4-6-13(7-5-12)14-8-16(27)20(17(28)9-14)25(36,37)40-15-10-18(29)21(19(30)11-15)41-26(38,39)23(32)22(31)24(33,34)35/h4-11H,2-3H2,1H3/b23-22-. The average molecular weight is 606 g/mol. The molecule has 3 aromatic rings. The lowest BCUT2D eigenvalue weighted by Crippen LogP contribution is -2.29. The molecule has 0 bridgehead atoms. The Balaban J connectivity index is 1.89. The van der Waals surface area contributed by atoms with Crippen LogP contribution >= 0.6 is 0 Å². The largest absolute Gasteiger partial charge is 0.457 e. The Morgan fingerprint density at radius 2 is 1.17 bits per heavy atom. The Hall–Kier alpha value is -3.91. The van der Waals surface area contributed by atoms with Crippen LogP contribution in [-0.2, 0) is 12.5 Å². The maximum absolute atomic E-state index is 14.7. The second-order valence-corrected chi connectivity index (χ2v) is 8.34. The van der Waals surface area contributed by atoms with Gasteiger partial charge >= 0.3 is 18.4 Å². The molecule has 0 saturated heterocycles.